The van der Waals surface area contributed by atoms with E-state index in [-0.39, 0.29) is 25.7 Å². The van der Waals surface area contributed by atoms with Gasteiger partial charge in [0.05, 0.1) is 23.3 Å². The first kappa shape index (κ1) is 23.0. The molecular formula is C23H24FN7O4. The smallest absolute Gasteiger partial charge is 0.338 e. The molecular weight excluding hydrogens is 457 g/mol. The van der Waals surface area contributed by atoms with Gasteiger partial charge in [0.2, 0.25) is 0 Å². The molecule has 0 aliphatic carbocycles. The molecule has 1 aromatic carbocycles. The number of carbonyl (C=O) groups is 2. The molecule has 3 aromatic rings. The van der Waals surface area contributed by atoms with E-state index in [0.29, 0.717) is 35.5 Å². The fraction of sp³-hybridized carbons (Fsp3) is 0.391. The number of piperidine rings is 1. The molecule has 1 saturated heterocycles. The molecule has 0 spiro atoms. The van der Waals surface area contributed by atoms with Crippen molar-refractivity contribution in [3.63, 3.8) is 0 Å². The summed E-state index contributed by atoms with van der Waals surface area (Å²) in [5.41, 5.74) is 3.14. The normalized spacial score (nSPS) is 20.8. The Morgan fingerprint density at radius 2 is 2.20 bits per heavy atom. The summed E-state index contributed by atoms with van der Waals surface area (Å²) in [6.07, 6.45) is 1.06. The number of pyridine rings is 1. The SMILES string of the molecule is Cc1c([C@@H](O)CN2CC[C@@H](NC(=O)c3ccc(-n4cnnn4)nc3)[C@@H](F)C2)ccc2c1COC2=O. The third-order valence-electron chi connectivity index (χ3n) is 6.53. The van der Waals surface area contributed by atoms with Crippen LogP contribution in [0.15, 0.2) is 36.8 Å². The van der Waals surface area contributed by atoms with Gasteiger partial charge in [-0.2, -0.15) is 4.68 Å². The van der Waals surface area contributed by atoms with Gasteiger partial charge in [-0.05, 0) is 53.1 Å². The molecule has 182 valence electrons. The number of fused-ring (bicyclic) bond motifs is 1. The van der Waals surface area contributed by atoms with Crippen LogP contribution < -0.4 is 5.32 Å². The fourth-order valence-corrected chi connectivity index (χ4v) is 4.54. The number of esters is 1. The van der Waals surface area contributed by atoms with Crippen LogP contribution in [-0.2, 0) is 11.3 Å². The zero-order valence-corrected chi connectivity index (χ0v) is 19.0. The summed E-state index contributed by atoms with van der Waals surface area (Å²) in [5.74, 6) is -0.306. The topological polar surface area (TPSA) is 135 Å². The van der Waals surface area contributed by atoms with Crippen molar-refractivity contribution in [3.8, 4) is 5.82 Å². The Balaban J connectivity index is 1.16. The first-order valence-electron chi connectivity index (χ1n) is 11.2. The Morgan fingerprint density at radius 3 is 2.91 bits per heavy atom. The molecule has 2 aliphatic heterocycles. The van der Waals surface area contributed by atoms with Gasteiger partial charge in [0.1, 0.15) is 19.1 Å². The van der Waals surface area contributed by atoms with Crippen molar-refractivity contribution in [1.29, 1.82) is 0 Å². The first-order valence-corrected chi connectivity index (χ1v) is 11.2. The van der Waals surface area contributed by atoms with E-state index < -0.39 is 24.2 Å². The van der Waals surface area contributed by atoms with E-state index in [4.69, 9.17) is 4.74 Å². The number of hydrogen-bond donors (Lipinski definition) is 2. The monoisotopic (exact) mass is 481 g/mol. The van der Waals surface area contributed by atoms with Gasteiger partial charge in [-0.25, -0.2) is 14.2 Å². The van der Waals surface area contributed by atoms with Crippen molar-refractivity contribution in [2.24, 2.45) is 0 Å². The molecule has 0 saturated carbocycles. The summed E-state index contributed by atoms with van der Waals surface area (Å²) in [5, 5.41) is 24.4. The van der Waals surface area contributed by atoms with Gasteiger partial charge < -0.3 is 15.2 Å². The van der Waals surface area contributed by atoms with Crippen LogP contribution in [0.4, 0.5) is 4.39 Å². The summed E-state index contributed by atoms with van der Waals surface area (Å²) < 4.78 is 21.4. The van der Waals surface area contributed by atoms with Crippen molar-refractivity contribution in [2.45, 2.75) is 38.3 Å². The van der Waals surface area contributed by atoms with Crippen LogP contribution in [0.2, 0.25) is 0 Å². The van der Waals surface area contributed by atoms with E-state index in [9.17, 15) is 19.1 Å². The zero-order valence-electron chi connectivity index (χ0n) is 19.0. The summed E-state index contributed by atoms with van der Waals surface area (Å²) in [7, 11) is 0. The molecule has 0 bridgehead atoms. The molecule has 12 heteroatoms. The number of β-amino-alcohol motifs (C(OH)–C–C–N with tert-alkyl or cyclic N) is 1. The van der Waals surface area contributed by atoms with Crippen LogP contribution >= 0.6 is 0 Å². The number of nitrogens with zero attached hydrogens (tertiary/aromatic N) is 6. The largest absolute Gasteiger partial charge is 0.457 e. The highest BCUT2D eigenvalue weighted by molar-refractivity contribution is 5.94. The Labute approximate surface area is 199 Å². The Bertz CT molecular complexity index is 1240. The minimum absolute atomic E-state index is 0.0874. The number of aliphatic hydroxyl groups excluding tert-OH is 1. The molecule has 1 fully saturated rings. The number of halogens is 1. The molecule has 11 nitrogen and oxygen atoms in total. The minimum atomic E-state index is -1.29. The van der Waals surface area contributed by atoms with E-state index in [1.54, 1.807) is 24.3 Å². The quantitative estimate of drug-likeness (QED) is 0.493. The third kappa shape index (κ3) is 4.62. The van der Waals surface area contributed by atoms with Crippen LogP contribution in [-0.4, -0.2) is 78.9 Å². The van der Waals surface area contributed by atoms with E-state index in [2.05, 4.69) is 25.8 Å². The first-order chi connectivity index (χ1) is 16.9. The molecule has 3 atom stereocenters. The lowest BCUT2D eigenvalue weighted by Crippen LogP contribution is -2.53. The number of benzene rings is 1. The van der Waals surface area contributed by atoms with Crippen LogP contribution in [0, 0.1) is 6.92 Å². The van der Waals surface area contributed by atoms with E-state index in [1.807, 2.05) is 11.8 Å². The van der Waals surface area contributed by atoms with Crippen LogP contribution in [0.3, 0.4) is 0 Å². The van der Waals surface area contributed by atoms with Gasteiger partial charge in [-0.3, -0.25) is 9.69 Å². The molecule has 4 heterocycles. The van der Waals surface area contributed by atoms with Gasteiger partial charge in [0.25, 0.3) is 5.91 Å². The molecule has 0 radical (unpaired) electrons. The van der Waals surface area contributed by atoms with Crippen molar-refractivity contribution in [2.75, 3.05) is 19.6 Å². The fourth-order valence-electron chi connectivity index (χ4n) is 4.54. The second-order valence-electron chi connectivity index (χ2n) is 8.70. The second-order valence-corrected chi connectivity index (χ2v) is 8.70. The lowest BCUT2D eigenvalue weighted by Gasteiger charge is -2.36. The maximum atomic E-state index is 14.9. The average Bonchev–Trinajstić information content (AvgIpc) is 3.52. The molecule has 35 heavy (non-hydrogen) atoms. The molecule has 5 rings (SSSR count). The number of ether oxygens (including phenoxy) is 1. The van der Waals surface area contributed by atoms with Gasteiger partial charge in [0.15, 0.2) is 5.82 Å². The van der Waals surface area contributed by atoms with E-state index in [0.717, 1.165) is 11.1 Å². The van der Waals surface area contributed by atoms with Gasteiger partial charge >= 0.3 is 5.97 Å². The second kappa shape index (κ2) is 9.47. The predicted octanol–water partition coefficient (Wildman–Crippen LogP) is 0.912. The van der Waals surface area contributed by atoms with Gasteiger partial charge in [-0.1, -0.05) is 6.07 Å². The highest BCUT2D eigenvalue weighted by Gasteiger charge is 2.32. The summed E-state index contributed by atoms with van der Waals surface area (Å²) in [6, 6.07) is 5.94. The zero-order chi connectivity index (χ0) is 24.5. The predicted molar refractivity (Wildman–Crippen MR) is 119 cm³/mol. The van der Waals surface area contributed by atoms with Crippen LogP contribution in [0.25, 0.3) is 5.82 Å². The maximum absolute atomic E-state index is 14.9. The molecule has 2 aromatic heterocycles. The van der Waals surface area contributed by atoms with E-state index >= 15 is 0 Å². The summed E-state index contributed by atoms with van der Waals surface area (Å²) in [4.78, 5) is 30.3. The third-order valence-corrected chi connectivity index (χ3v) is 6.53. The molecule has 1 amide bonds. The number of nitrogens with one attached hydrogen (secondary N) is 1. The number of amides is 1. The van der Waals surface area contributed by atoms with Crippen LogP contribution in [0.1, 0.15) is 49.9 Å². The lowest BCUT2D eigenvalue weighted by molar-refractivity contribution is 0.0527. The van der Waals surface area contributed by atoms with Crippen LogP contribution in [0.5, 0.6) is 0 Å². The Hall–Kier alpha value is -3.77. The number of carbonyl (C=O) groups excluding carboxylic acids is 2. The number of aromatic nitrogens is 5. The van der Waals surface area contributed by atoms with Gasteiger partial charge in [-0.15, -0.1) is 5.10 Å². The summed E-state index contributed by atoms with van der Waals surface area (Å²) in [6.45, 7) is 2.91. The Morgan fingerprint density at radius 1 is 1.34 bits per heavy atom. The molecule has 2 N–H and O–H groups in total. The van der Waals surface area contributed by atoms with Crippen molar-refractivity contribution < 1.29 is 23.8 Å². The molecule has 0 unspecified atom stereocenters. The summed E-state index contributed by atoms with van der Waals surface area (Å²) >= 11 is 0. The number of alkyl halides is 1. The standard InChI is InChI=1S/C23H24FN7O4/c1-13-15(3-4-16-17(13)11-35-23(16)34)20(32)10-30-7-6-19(18(24)9-30)27-22(33)14-2-5-21(25-8-14)31-12-26-28-29-31/h2-5,8,12,18-20,32H,6-7,9-11H2,1H3,(H,27,33)/t18-,19+,20-/m0/s1. The van der Waals surface area contributed by atoms with E-state index in [1.165, 1.54) is 17.2 Å². The van der Waals surface area contributed by atoms with Crippen molar-refractivity contribution in [3.05, 3.63) is 64.6 Å². The number of tetrazole rings is 1. The minimum Gasteiger partial charge on any atom is -0.457 e. The van der Waals surface area contributed by atoms with Crippen molar-refractivity contribution >= 4 is 11.9 Å². The maximum Gasteiger partial charge on any atom is 0.338 e. The number of likely N-dealkylation sites (tertiary alicyclic amines) is 1. The van der Waals surface area contributed by atoms with Gasteiger partial charge in [0, 0.05) is 31.4 Å². The number of cyclic esters (lactones) is 1. The highest BCUT2D eigenvalue weighted by Crippen LogP contribution is 2.30. The number of hydrogen-bond acceptors (Lipinski definition) is 9. The number of aliphatic hydroxyl groups is 1. The molecule has 2 aliphatic rings. The average molecular weight is 481 g/mol. The Kier molecular flexibility index (Phi) is 6.22. The highest BCUT2D eigenvalue weighted by atomic mass is 19.1. The van der Waals surface area contributed by atoms with Crippen molar-refractivity contribution in [1.82, 2.24) is 35.4 Å². The lowest BCUT2D eigenvalue weighted by atomic mass is 9.94. The number of rotatable bonds is 6.